The number of amides is 2. The molecule has 2 N–H and O–H groups in total. The van der Waals surface area contributed by atoms with Crippen molar-refractivity contribution in [3.63, 3.8) is 0 Å². The molecule has 0 unspecified atom stereocenters. The monoisotopic (exact) mass is 772 g/mol. The molecule has 0 spiro atoms. The molecule has 0 bridgehead atoms. The molecule has 2 aromatic heterocycles. The highest BCUT2D eigenvalue weighted by molar-refractivity contribution is 6.03. The molecule has 2 saturated heterocycles. The molecule has 4 aromatic rings. The highest BCUT2D eigenvalue weighted by Crippen LogP contribution is 2.34. The van der Waals surface area contributed by atoms with E-state index in [-0.39, 0.29) is 59.6 Å². The van der Waals surface area contributed by atoms with Crippen LogP contribution in [0, 0.1) is 37.3 Å². The number of carbonyl (C=O) groups is 2. The van der Waals surface area contributed by atoms with Gasteiger partial charge in [-0.1, -0.05) is 0 Å². The van der Waals surface area contributed by atoms with Gasteiger partial charge in [-0.25, -0.2) is 28.7 Å². The zero-order valence-corrected chi connectivity index (χ0v) is 32.2. The average Bonchev–Trinajstić information content (AvgIpc) is 3.81. The Bertz CT molecular complexity index is 1930. The van der Waals surface area contributed by atoms with E-state index < -0.39 is 0 Å². The van der Waals surface area contributed by atoms with Crippen molar-refractivity contribution >= 4 is 34.8 Å². The fraction of sp³-hybridized carbons (Fsp3) is 0.450. The number of anilines is 4. The lowest BCUT2D eigenvalue weighted by Gasteiger charge is -2.32. The summed E-state index contributed by atoms with van der Waals surface area (Å²) in [4.78, 5) is 46.4. The Morgan fingerprint density at radius 3 is 1.39 bits per heavy atom. The molecule has 0 aliphatic carbocycles. The average molecular weight is 773 g/mol. The van der Waals surface area contributed by atoms with E-state index in [1.165, 1.54) is 24.3 Å². The molecule has 2 aromatic carbocycles. The number of benzene rings is 2. The first-order chi connectivity index (χ1) is 26.8. The molecule has 4 aliphatic rings. The van der Waals surface area contributed by atoms with E-state index in [0.717, 1.165) is 23.0 Å². The van der Waals surface area contributed by atoms with Crippen LogP contribution in [-0.2, 0) is 31.9 Å². The Labute approximate surface area is 323 Å². The zero-order chi connectivity index (χ0) is 39.7. The van der Waals surface area contributed by atoms with E-state index in [2.05, 4.69) is 20.6 Å². The number of hydrogen-bond acceptors (Lipinski definition) is 12. The summed E-state index contributed by atoms with van der Waals surface area (Å²) in [5, 5.41) is 5.78. The fourth-order valence-corrected chi connectivity index (χ4v) is 7.03. The molecular weight excluding hydrogens is 726 g/mol. The molecule has 2 amide bonds. The molecule has 4 aliphatic heterocycles. The summed E-state index contributed by atoms with van der Waals surface area (Å²) in [5.74, 6) is 3.51. The van der Waals surface area contributed by atoms with Gasteiger partial charge in [-0.3, -0.25) is 9.59 Å². The number of halogens is 2. The lowest BCUT2D eigenvalue weighted by atomic mass is 10.0. The summed E-state index contributed by atoms with van der Waals surface area (Å²) in [7, 11) is 3.72. The maximum absolute atomic E-state index is 13.1. The van der Waals surface area contributed by atoms with Gasteiger partial charge in [0.05, 0.1) is 37.8 Å². The van der Waals surface area contributed by atoms with Gasteiger partial charge in [0.25, 0.3) is 0 Å². The largest absolute Gasteiger partial charge is 0.488 e. The van der Waals surface area contributed by atoms with E-state index in [1.54, 1.807) is 24.3 Å². The minimum absolute atomic E-state index is 0.0635. The molecule has 56 heavy (non-hydrogen) atoms. The van der Waals surface area contributed by atoms with Crippen molar-refractivity contribution in [2.45, 2.75) is 64.8 Å². The van der Waals surface area contributed by atoms with Crippen LogP contribution in [0.4, 0.5) is 31.8 Å². The quantitative estimate of drug-likeness (QED) is 0.256. The second-order valence-corrected chi connectivity index (χ2v) is 14.6. The van der Waals surface area contributed by atoms with E-state index in [0.29, 0.717) is 73.8 Å². The minimum Gasteiger partial charge on any atom is -0.488 e. The summed E-state index contributed by atoms with van der Waals surface area (Å²) in [6, 6.07) is 11.4. The maximum atomic E-state index is 13.1. The van der Waals surface area contributed by atoms with Crippen LogP contribution >= 0.6 is 0 Å². The van der Waals surface area contributed by atoms with Crippen LogP contribution in [0.1, 0.15) is 36.9 Å². The Morgan fingerprint density at radius 2 is 1.02 bits per heavy atom. The molecule has 0 radical (unpaired) electrons. The number of rotatable bonds is 8. The van der Waals surface area contributed by atoms with Crippen LogP contribution in [0.25, 0.3) is 0 Å². The molecule has 16 heteroatoms. The third-order valence-electron chi connectivity index (χ3n) is 10.7. The number of likely N-dealkylation sites (N-methyl/N-ethyl adjacent to an activating group) is 2. The number of nitrogens with one attached hydrogen (secondary N) is 2. The first-order valence-corrected chi connectivity index (χ1v) is 18.7. The molecule has 6 heterocycles. The Morgan fingerprint density at radius 1 is 0.643 bits per heavy atom. The van der Waals surface area contributed by atoms with Crippen molar-refractivity contribution in [1.29, 1.82) is 0 Å². The molecule has 0 saturated carbocycles. The number of carbonyl (C=O) groups excluding carboxylic acids is 2. The van der Waals surface area contributed by atoms with Gasteiger partial charge < -0.3 is 39.4 Å². The van der Waals surface area contributed by atoms with Gasteiger partial charge in [-0.2, -0.15) is 0 Å². The molecule has 14 nitrogen and oxygen atoms in total. The number of nitrogens with zero attached hydrogens (tertiary/aromatic N) is 6. The number of aromatic nitrogens is 4. The molecular formula is C40H46F2N8O6. The van der Waals surface area contributed by atoms with Crippen molar-refractivity contribution < 1.29 is 37.3 Å². The summed E-state index contributed by atoms with van der Waals surface area (Å²) in [6.07, 6.45) is 0.884. The van der Waals surface area contributed by atoms with Crippen molar-refractivity contribution in [2.75, 3.05) is 61.0 Å². The van der Waals surface area contributed by atoms with Crippen molar-refractivity contribution in [3.8, 4) is 11.5 Å². The topological polar surface area (TPSA) is 153 Å². The number of aryl methyl sites for hydroxylation is 2. The smallest absolute Gasteiger partial charge is 0.246 e. The third kappa shape index (κ3) is 8.35. The van der Waals surface area contributed by atoms with Crippen LogP contribution in [0.5, 0.6) is 11.5 Å². The van der Waals surface area contributed by atoms with E-state index >= 15 is 0 Å². The van der Waals surface area contributed by atoms with E-state index in [4.69, 9.17) is 28.9 Å². The normalized spacial score (nSPS) is 24.1. The highest BCUT2D eigenvalue weighted by atomic mass is 19.1. The number of hydrogen-bond donors (Lipinski definition) is 2. The Kier molecular flexibility index (Phi) is 11.3. The van der Waals surface area contributed by atoms with E-state index in [1.807, 2.05) is 51.6 Å². The van der Waals surface area contributed by atoms with Crippen molar-refractivity contribution in [2.24, 2.45) is 11.8 Å². The first kappa shape index (κ1) is 38.8. The minimum atomic E-state index is -0.296. The second kappa shape index (κ2) is 16.3. The lowest BCUT2D eigenvalue weighted by Crippen LogP contribution is -2.45. The van der Waals surface area contributed by atoms with Gasteiger partial charge in [-0.15, -0.1) is 0 Å². The first-order valence-electron chi connectivity index (χ1n) is 18.7. The SMILES string of the molecule is Cc1nc(C[C@@H]2COC[C@H]2Oc2ccc(F)cc2)nc2c1NC(=O)[C@H](C)N2C.Cc1nc(C[C@H]2COC[C@@H]2Oc2ccc(F)cc2)nc2c1NC(=O)[C@H](C)N2C. The number of fused-ring (bicyclic) bond motifs is 2. The molecule has 2 fully saturated rings. The van der Waals surface area contributed by atoms with Crippen LogP contribution in [0.15, 0.2) is 48.5 Å². The Hall–Kier alpha value is -5.48. The van der Waals surface area contributed by atoms with Gasteiger partial charge in [0, 0.05) is 38.8 Å². The van der Waals surface area contributed by atoms with Gasteiger partial charge >= 0.3 is 0 Å². The summed E-state index contributed by atoms with van der Waals surface area (Å²) < 4.78 is 49.4. The van der Waals surface area contributed by atoms with Crippen LogP contribution in [-0.4, -0.2) is 96.6 Å². The van der Waals surface area contributed by atoms with Crippen LogP contribution < -0.4 is 29.9 Å². The standard InChI is InChI=1S/2C20H23FN4O3/c2*1-11-18-19(25(3)12(2)20(26)24-18)23-17(22-11)8-13-9-27-10-16(13)28-15-6-4-14(21)5-7-15/h2*4-7,12-13,16H,8-10H2,1-3H3,(H,24,26)/t12-,13+,16+;12-,13-,16-/m00/s1. The summed E-state index contributed by atoms with van der Waals surface area (Å²) in [5.41, 5.74) is 2.80. The molecule has 296 valence electrons. The predicted molar refractivity (Wildman–Crippen MR) is 204 cm³/mol. The predicted octanol–water partition coefficient (Wildman–Crippen LogP) is 4.67. The zero-order valence-electron chi connectivity index (χ0n) is 32.2. The fourth-order valence-electron chi connectivity index (χ4n) is 7.03. The van der Waals surface area contributed by atoms with Gasteiger partial charge in [0.15, 0.2) is 11.6 Å². The van der Waals surface area contributed by atoms with Crippen LogP contribution in [0.3, 0.4) is 0 Å². The van der Waals surface area contributed by atoms with Gasteiger partial charge in [0.1, 0.15) is 70.4 Å². The van der Waals surface area contributed by atoms with E-state index in [9.17, 15) is 18.4 Å². The molecule has 8 rings (SSSR count). The Balaban J connectivity index is 0.000000172. The summed E-state index contributed by atoms with van der Waals surface area (Å²) in [6.45, 7) is 9.46. The maximum Gasteiger partial charge on any atom is 0.246 e. The van der Waals surface area contributed by atoms with Gasteiger partial charge in [-0.05, 0) is 76.2 Å². The number of ether oxygens (including phenoxy) is 4. The van der Waals surface area contributed by atoms with Crippen molar-refractivity contribution in [1.82, 2.24) is 19.9 Å². The van der Waals surface area contributed by atoms with Crippen molar-refractivity contribution in [3.05, 3.63) is 83.2 Å². The van der Waals surface area contributed by atoms with Crippen LogP contribution in [0.2, 0.25) is 0 Å². The van der Waals surface area contributed by atoms with Gasteiger partial charge in [0.2, 0.25) is 11.8 Å². The highest BCUT2D eigenvalue weighted by Gasteiger charge is 2.36. The molecule has 6 atom stereocenters. The second-order valence-electron chi connectivity index (χ2n) is 14.6. The lowest BCUT2D eigenvalue weighted by molar-refractivity contribution is -0.118. The summed E-state index contributed by atoms with van der Waals surface area (Å²) >= 11 is 0. The third-order valence-corrected chi connectivity index (χ3v) is 10.7.